The first-order chi connectivity index (χ1) is 17.0. The SMILES string of the molecule is Cc1cc(Nc2nc(Nc3cc(C)c([C@H]4CC[C@H](N5CCNCC5)CC4)cc3F)ncc2Cl)n[nH]1. The first-order valence-electron chi connectivity index (χ1n) is 12.3. The van der Waals surface area contributed by atoms with Gasteiger partial charge < -0.3 is 16.0 Å². The Kier molecular flexibility index (Phi) is 7.17. The van der Waals surface area contributed by atoms with E-state index < -0.39 is 0 Å². The van der Waals surface area contributed by atoms with Gasteiger partial charge in [-0.3, -0.25) is 10.00 Å². The summed E-state index contributed by atoms with van der Waals surface area (Å²) in [5.41, 5.74) is 3.45. The first-order valence-corrected chi connectivity index (χ1v) is 12.7. The minimum absolute atomic E-state index is 0.256. The summed E-state index contributed by atoms with van der Waals surface area (Å²) in [7, 11) is 0. The molecule has 4 N–H and O–H groups in total. The van der Waals surface area contributed by atoms with Crippen molar-refractivity contribution in [2.75, 3.05) is 36.8 Å². The molecule has 1 aliphatic carbocycles. The standard InChI is InChI=1S/C25H32ClFN8/c1-15-11-22(30-25-29-14-20(26)24(32-25)31-23-12-16(2)33-34-23)21(27)13-19(15)17-3-5-18(6-4-17)35-9-7-28-8-10-35/h11-14,17-18,28H,3-10H2,1-2H3,(H3,29,30,31,32,33,34)/t17-,18-. The molecule has 10 heteroatoms. The normalized spacial score (nSPS) is 21.1. The van der Waals surface area contributed by atoms with Crippen molar-refractivity contribution in [1.29, 1.82) is 0 Å². The van der Waals surface area contributed by atoms with Gasteiger partial charge in [-0.15, -0.1) is 0 Å². The van der Waals surface area contributed by atoms with Crippen LogP contribution >= 0.6 is 11.6 Å². The fourth-order valence-electron chi connectivity index (χ4n) is 5.27. The molecule has 2 aliphatic rings. The maximum absolute atomic E-state index is 15.2. The van der Waals surface area contributed by atoms with E-state index in [4.69, 9.17) is 11.6 Å². The van der Waals surface area contributed by atoms with Crippen LogP contribution in [0.25, 0.3) is 0 Å². The van der Waals surface area contributed by atoms with E-state index in [1.54, 1.807) is 6.07 Å². The molecule has 0 unspecified atom stereocenters. The van der Waals surface area contributed by atoms with Crippen LogP contribution in [0.4, 0.5) is 27.7 Å². The van der Waals surface area contributed by atoms with Crippen molar-refractivity contribution in [2.24, 2.45) is 0 Å². The second-order valence-electron chi connectivity index (χ2n) is 9.56. The fourth-order valence-corrected chi connectivity index (χ4v) is 5.41. The molecule has 0 radical (unpaired) electrons. The number of piperazine rings is 1. The average Bonchev–Trinajstić information content (AvgIpc) is 3.28. The molecule has 5 rings (SSSR count). The summed E-state index contributed by atoms with van der Waals surface area (Å²) in [6, 6.07) is 6.05. The number of hydrogen-bond donors (Lipinski definition) is 4. The van der Waals surface area contributed by atoms with E-state index in [2.05, 4.69) is 47.9 Å². The van der Waals surface area contributed by atoms with Gasteiger partial charge in [-0.05, 0) is 68.7 Å². The molecule has 3 aromatic rings. The van der Waals surface area contributed by atoms with Crippen LogP contribution < -0.4 is 16.0 Å². The minimum Gasteiger partial charge on any atom is -0.322 e. The van der Waals surface area contributed by atoms with Gasteiger partial charge in [-0.25, -0.2) is 9.37 Å². The van der Waals surface area contributed by atoms with Crippen molar-refractivity contribution < 1.29 is 4.39 Å². The van der Waals surface area contributed by atoms with Gasteiger partial charge in [0.2, 0.25) is 5.95 Å². The zero-order chi connectivity index (χ0) is 24.4. The van der Waals surface area contributed by atoms with Crippen molar-refractivity contribution in [3.63, 3.8) is 0 Å². The largest absolute Gasteiger partial charge is 0.322 e. The van der Waals surface area contributed by atoms with Gasteiger partial charge in [-0.2, -0.15) is 10.1 Å². The second-order valence-corrected chi connectivity index (χ2v) is 9.96. The lowest BCUT2D eigenvalue weighted by Crippen LogP contribution is -2.49. The lowest BCUT2D eigenvalue weighted by molar-refractivity contribution is 0.133. The number of hydrogen-bond acceptors (Lipinski definition) is 7. The van der Waals surface area contributed by atoms with E-state index in [-0.39, 0.29) is 11.8 Å². The number of nitrogens with zero attached hydrogens (tertiary/aromatic N) is 4. The summed E-state index contributed by atoms with van der Waals surface area (Å²) >= 11 is 6.25. The predicted molar refractivity (Wildman–Crippen MR) is 138 cm³/mol. The number of benzene rings is 1. The second kappa shape index (κ2) is 10.5. The first kappa shape index (κ1) is 24.0. The Labute approximate surface area is 210 Å². The summed E-state index contributed by atoms with van der Waals surface area (Å²) in [4.78, 5) is 11.3. The third-order valence-corrected chi connectivity index (χ3v) is 7.38. The molecule has 1 saturated carbocycles. The summed E-state index contributed by atoms with van der Waals surface area (Å²) in [6.45, 7) is 8.38. The third kappa shape index (κ3) is 5.58. The highest BCUT2D eigenvalue weighted by Crippen LogP contribution is 2.38. The number of anilines is 4. The molecule has 8 nitrogen and oxygen atoms in total. The van der Waals surface area contributed by atoms with Gasteiger partial charge in [0.1, 0.15) is 10.8 Å². The van der Waals surface area contributed by atoms with E-state index >= 15 is 4.39 Å². The summed E-state index contributed by atoms with van der Waals surface area (Å²) in [6.07, 6.45) is 6.03. The van der Waals surface area contributed by atoms with Gasteiger partial charge in [0.15, 0.2) is 11.6 Å². The lowest BCUT2D eigenvalue weighted by atomic mass is 9.79. The highest BCUT2D eigenvalue weighted by molar-refractivity contribution is 6.32. The van der Waals surface area contributed by atoms with Crippen molar-refractivity contribution in [1.82, 2.24) is 30.4 Å². The third-order valence-electron chi connectivity index (χ3n) is 7.10. The van der Waals surface area contributed by atoms with Crippen LogP contribution in [0.5, 0.6) is 0 Å². The Bertz CT molecular complexity index is 1170. The topological polar surface area (TPSA) is 93.8 Å². The van der Waals surface area contributed by atoms with Crippen molar-refractivity contribution in [3.05, 3.63) is 52.1 Å². The molecule has 35 heavy (non-hydrogen) atoms. The number of rotatable bonds is 6. The number of H-pyrrole nitrogens is 1. The highest BCUT2D eigenvalue weighted by Gasteiger charge is 2.28. The molecule has 1 saturated heterocycles. The number of aromatic nitrogens is 4. The smallest absolute Gasteiger partial charge is 0.229 e. The highest BCUT2D eigenvalue weighted by atomic mass is 35.5. The Morgan fingerprint density at radius 2 is 1.83 bits per heavy atom. The number of aromatic amines is 1. The van der Waals surface area contributed by atoms with Crippen LogP contribution in [0.15, 0.2) is 24.4 Å². The average molecular weight is 499 g/mol. The molecule has 0 amide bonds. The van der Waals surface area contributed by atoms with E-state index in [0.717, 1.165) is 55.8 Å². The van der Waals surface area contributed by atoms with E-state index in [1.807, 2.05) is 19.1 Å². The van der Waals surface area contributed by atoms with Crippen LogP contribution in [0.3, 0.4) is 0 Å². The van der Waals surface area contributed by atoms with Crippen molar-refractivity contribution >= 4 is 34.9 Å². The monoisotopic (exact) mass is 498 g/mol. The maximum Gasteiger partial charge on any atom is 0.229 e. The molecule has 3 heterocycles. The van der Waals surface area contributed by atoms with Gasteiger partial charge >= 0.3 is 0 Å². The molecular formula is C25H32ClFN8. The zero-order valence-corrected chi connectivity index (χ0v) is 20.9. The van der Waals surface area contributed by atoms with E-state index in [9.17, 15) is 0 Å². The van der Waals surface area contributed by atoms with Gasteiger partial charge in [0, 0.05) is 44.0 Å². The Morgan fingerprint density at radius 1 is 1.06 bits per heavy atom. The zero-order valence-electron chi connectivity index (χ0n) is 20.2. The molecule has 186 valence electrons. The Hall–Kier alpha value is -2.75. The van der Waals surface area contributed by atoms with Gasteiger partial charge in [0.25, 0.3) is 0 Å². The summed E-state index contributed by atoms with van der Waals surface area (Å²) in [5, 5.41) is 16.8. The number of aryl methyl sites for hydroxylation is 2. The molecule has 0 atom stereocenters. The van der Waals surface area contributed by atoms with Crippen LogP contribution in [0.2, 0.25) is 5.02 Å². The molecule has 2 aromatic heterocycles. The van der Waals surface area contributed by atoms with Crippen LogP contribution in [-0.2, 0) is 0 Å². The number of nitrogens with one attached hydrogen (secondary N) is 4. The predicted octanol–water partition coefficient (Wildman–Crippen LogP) is 5.03. The Morgan fingerprint density at radius 3 is 2.54 bits per heavy atom. The van der Waals surface area contributed by atoms with E-state index in [0.29, 0.717) is 34.3 Å². The van der Waals surface area contributed by atoms with Crippen LogP contribution in [-0.4, -0.2) is 57.3 Å². The maximum atomic E-state index is 15.2. The quantitative estimate of drug-likeness (QED) is 0.379. The van der Waals surface area contributed by atoms with Crippen molar-refractivity contribution in [2.45, 2.75) is 51.5 Å². The molecule has 1 aromatic carbocycles. The number of halogens is 2. The molecule has 2 fully saturated rings. The van der Waals surface area contributed by atoms with Crippen LogP contribution in [0.1, 0.15) is 48.4 Å². The van der Waals surface area contributed by atoms with Gasteiger partial charge in [-0.1, -0.05) is 11.6 Å². The summed E-state index contributed by atoms with van der Waals surface area (Å²) < 4.78 is 15.2. The molecule has 1 aliphatic heterocycles. The van der Waals surface area contributed by atoms with Gasteiger partial charge in [0.05, 0.1) is 11.9 Å². The molecular weight excluding hydrogens is 467 g/mol. The van der Waals surface area contributed by atoms with E-state index in [1.165, 1.54) is 19.0 Å². The Balaban J connectivity index is 1.26. The van der Waals surface area contributed by atoms with Crippen LogP contribution in [0, 0.1) is 19.7 Å². The molecule has 0 spiro atoms. The summed E-state index contributed by atoms with van der Waals surface area (Å²) in [5.74, 6) is 1.34. The van der Waals surface area contributed by atoms with Crippen molar-refractivity contribution in [3.8, 4) is 0 Å². The molecule has 0 bridgehead atoms. The fraction of sp³-hybridized carbons (Fsp3) is 0.480. The minimum atomic E-state index is -0.300. The lowest BCUT2D eigenvalue weighted by Gasteiger charge is -2.39.